The molecule has 1 aliphatic rings. The predicted octanol–water partition coefficient (Wildman–Crippen LogP) is 3.32. The molecule has 1 aliphatic heterocycles. The quantitative estimate of drug-likeness (QED) is 0.874. The zero-order valence-electron chi connectivity index (χ0n) is 12.7. The number of nitrogens with two attached hydrogens (primary N) is 1. The summed E-state index contributed by atoms with van der Waals surface area (Å²) >= 11 is 5.41. The van der Waals surface area contributed by atoms with Gasteiger partial charge in [-0.05, 0) is 48.0 Å². The maximum absolute atomic E-state index is 6.45. The summed E-state index contributed by atoms with van der Waals surface area (Å²) in [6, 6.07) is 5.59. The smallest absolute Gasteiger partial charge is 0.0702 e. The van der Waals surface area contributed by atoms with Crippen molar-refractivity contribution in [2.24, 2.45) is 5.73 Å². The zero-order valence-corrected chi connectivity index (χ0v) is 15.1. The molecule has 3 atom stereocenters. The van der Waals surface area contributed by atoms with Crippen molar-refractivity contribution in [2.45, 2.75) is 44.8 Å². The summed E-state index contributed by atoms with van der Waals surface area (Å²) in [5, 5.41) is 0. The molecule has 0 saturated carbocycles. The molecule has 0 bridgehead atoms. The number of piperazine rings is 1. The average molecular weight is 360 g/mol. The van der Waals surface area contributed by atoms with Gasteiger partial charge < -0.3 is 10.6 Å². The summed E-state index contributed by atoms with van der Waals surface area (Å²) in [5.41, 5.74) is 6.45. The van der Waals surface area contributed by atoms with Crippen LogP contribution in [0.5, 0.6) is 0 Å². The van der Waals surface area contributed by atoms with Gasteiger partial charge in [-0.3, -0.25) is 4.90 Å². The lowest BCUT2D eigenvalue weighted by Crippen LogP contribution is -2.54. The number of halogens is 1. The van der Waals surface area contributed by atoms with Crippen molar-refractivity contribution in [1.82, 2.24) is 9.80 Å². The maximum Gasteiger partial charge on any atom is 0.0702 e. The van der Waals surface area contributed by atoms with E-state index in [4.69, 9.17) is 5.73 Å². The number of thiophene rings is 1. The monoisotopic (exact) mass is 359 g/mol. The molecule has 0 amide bonds. The fourth-order valence-electron chi connectivity index (χ4n) is 3.04. The van der Waals surface area contributed by atoms with Gasteiger partial charge in [0.15, 0.2) is 0 Å². The third-order valence-corrected chi connectivity index (χ3v) is 6.13. The van der Waals surface area contributed by atoms with E-state index in [0.29, 0.717) is 12.1 Å². The van der Waals surface area contributed by atoms with Gasteiger partial charge in [-0.1, -0.05) is 13.8 Å². The van der Waals surface area contributed by atoms with Crippen molar-refractivity contribution < 1.29 is 0 Å². The molecular formula is C15H26BrN3S. The standard InChI is InChI=1S/C15H26BrN3S/c1-4-11-10-19(9-8-18(11)3)15(12(17)5-2)13-6-7-14(16)20-13/h6-7,11-12,15H,4-5,8-10,17H2,1-3H3. The number of hydrogen-bond acceptors (Lipinski definition) is 4. The molecule has 3 unspecified atom stereocenters. The van der Waals surface area contributed by atoms with Crippen LogP contribution >= 0.6 is 27.3 Å². The second kappa shape index (κ2) is 7.36. The molecule has 0 aromatic carbocycles. The van der Waals surface area contributed by atoms with Crippen molar-refractivity contribution in [3.05, 3.63) is 20.8 Å². The molecular weight excluding hydrogens is 334 g/mol. The Morgan fingerprint density at radius 3 is 2.70 bits per heavy atom. The Morgan fingerprint density at radius 2 is 2.15 bits per heavy atom. The first kappa shape index (κ1) is 16.4. The molecule has 114 valence electrons. The Balaban J connectivity index is 2.19. The van der Waals surface area contributed by atoms with Crippen LogP contribution in [-0.4, -0.2) is 48.6 Å². The fourth-order valence-corrected chi connectivity index (χ4v) is 4.67. The molecule has 0 spiro atoms. The van der Waals surface area contributed by atoms with Gasteiger partial charge in [0, 0.05) is 36.6 Å². The minimum absolute atomic E-state index is 0.210. The van der Waals surface area contributed by atoms with E-state index in [1.54, 1.807) is 0 Å². The maximum atomic E-state index is 6.45. The minimum atomic E-state index is 0.210. The van der Waals surface area contributed by atoms with Crippen molar-refractivity contribution in [3.8, 4) is 0 Å². The normalized spacial score (nSPS) is 24.8. The van der Waals surface area contributed by atoms with Crippen LogP contribution in [0.4, 0.5) is 0 Å². The Bertz CT molecular complexity index is 423. The summed E-state index contributed by atoms with van der Waals surface area (Å²) in [6.07, 6.45) is 2.22. The molecule has 1 aromatic heterocycles. The zero-order chi connectivity index (χ0) is 14.7. The SMILES string of the molecule is CCC(N)C(c1ccc(Br)s1)N1CCN(C)C(CC)C1. The van der Waals surface area contributed by atoms with Crippen LogP contribution < -0.4 is 5.73 Å². The Kier molecular flexibility index (Phi) is 6.05. The van der Waals surface area contributed by atoms with E-state index in [2.05, 4.69) is 58.8 Å². The first-order chi connectivity index (χ1) is 9.56. The van der Waals surface area contributed by atoms with Crippen molar-refractivity contribution in [2.75, 3.05) is 26.7 Å². The van der Waals surface area contributed by atoms with Crippen LogP contribution in [0, 0.1) is 0 Å². The molecule has 3 nitrogen and oxygen atoms in total. The summed E-state index contributed by atoms with van der Waals surface area (Å²) in [5.74, 6) is 0. The van der Waals surface area contributed by atoms with Crippen LogP contribution in [-0.2, 0) is 0 Å². The lowest BCUT2D eigenvalue weighted by atomic mass is 10.00. The van der Waals surface area contributed by atoms with Gasteiger partial charge in [0.2, 0.25) is 0 Å². The Labute approximate surface area is 135 Å². The molecule has 1 saturated heterocycles. The average Bonchev–Trinajstić information content (AvgIpc) is 2.86. The van der Waals surface area contributed by atoms with E-state index in [-0.39, 0.29) is 6.04 Å². The van der Waals surface area contributed by atoms with Gasteiger partial charge in [-0.25, -0.2) is 0 Å². The first-order valence-electron chi connectivity index (χ1n) is 7.51. The van der Waals surface area contributed by atoms with E-state index >= 15 is 0 Å². The molecule has 0 aliphatic carbocycles. The molecule has 2 rings (SSSR count). The van der Waals surface area contributed by atoms with Gasteiger partial charge in [-0.15, -0.1) is 11.3 Å². The number of likely N-dealkylation sites (N-methyl/N-ethyl adjacent to an activating group) is 1. The Hall–Kier alpha value is 0.0600. The van der Waals surface area contributed by atoms with Crippen LogP contribution in [0.1, 0.15) is 37.6 Å². The van der Waals surface area contributed by atoms with Crippen molar-refractivity contribution in [1.29, 1.82) is 0 Å². The summed E-state index contributed by atoms with van der Waals surface area (Å²) in [6.45, 7) is 7.84. The van der Waals surface area contributed by atoms with Gasteiger partial charge in [0.05, 0.1) is 9.83 Å². The topological polar surface area (TPSA) is 32.5 Å². The van der Waals surface area contributed by atoms with Gasteiger partial charge >= 0.3 is 0 Å². The summed E-state index contributed by atoms with van der Waals surface area (Å²) < 4.78 is 1.20. The number of rotatable bonds is 5. The second-order valence-electron chi connectivity index (χ2n) is 5.70. The largest absolute Gasteiger partial charge is 0.326 e. The molecule has 5 heteroatoms. The molecule has 2 N–H and O–H groups in total. The van der Waals surface area contributed by atoms with E-state index in [9.17, 15) is 0 Å². The van der Waals surface area contributed by atoms with E-state index in [0.717, 1.165) is 26.1 Å². The highest BCUT2D eigenvalue weighted by atomic mass is 79.9. The highest BCUT2D eigenvalue weighted by Gasteiger charge is 2.32. The summed E-state index contributed by atoms with van der Waals surface area (Å²) in [4.78, 5) is 6.47. The molecule has 2 heterocycles. The van der Waals surface area contributed by atoms with Gasteiger partial charge in [0.25, 0.3) is 0 Å². The van der Waals surface area contributed by atoms with E-state index < -0.39 is 0 Å². The summed E-state index contributed by atoms with van der Waals surface area (Å²) in [7, 11) is 2.24. The van der Waals surface area contributed by atoms with Gasteiger partial charge in [0.1, 0.15) is 0 Å². The van der Waals surface area contributed by atoms with Crippen molar-refractivity contribution >= 4 is 27.3 Å². The first-order valence-corrected chi connectivity index (χ1v) is 9.12. The number of hydrogen-bond donors (Lipinski definition) is 1. The highest BCUT2D eigenvalue weighted by Crippen LogP contribution is 2.34. The minimum Gasteiger partial charge on any atom is -0.326 e. The van der Waals surface area contributed by atoms with Crippen LogP contribution in [0.3, 0.4) is 0 Å². The molecule has 1 aromatic rings. The molecule has 20 heavy (non-hydrogen) atoms. The third-order valence-electron chi connectivity index (χ3n) is 4.44. The van der Waals surface area contributed by atoms with Crippen molar-refractivity contribution in [3.63, 3.8) is 0 Å². The van der Waals surface area contributed by atoms with Crippen LogP contribution in [0.2, 0.25) is 0 Å². The number of nitrogens with zero attached hydrogens (tertiary/aromatic N) is 2. The highest BCUT2D eigenvalue weighted by molar-refractivity contribution is 9.11. The third kappa shape index (κ3) is 3.63. The second-order valence-corrected chi connectivity index (χ2v) is 8.19. The van der Waals surface area contributed by atoms with Crippen LogP contribution in [0.25, 0.3) is 0 Å². The fraction of sp³-hybridized carbons (Fsp3) is 0.733. The lowest BCUT2D eigenvalue weighted by Gasteiger charge is -2.44. The molecule has 1 fully saturated rings. The van der Waals surface area contributed by atoms with Crippen LogP contribution in [0.15, 0.2) is 15.9 Å². The van der Waals surface area contributed by atoms with Gasteiger partial charge in [-0.2, -0.15) is 0 Å². The van der Waals surface area contributed by atoms with E-state index in [1.165, 1.54) is 15.1 Å². The Morgan fingerprint density at radius 1 is 1.40 bits per heavy atom. The lowest BCUT2D eigenvalue weighted by molar-refractivity contribution is 0.0536. The molecule has 0 radical (unpaired) electrons. The van der Waals surface area contributed by atoms with E-state index in [1.807, 2.05) is 11.3 Å². The predicted molar refractivity (Wildman–Crippen MR) is 91.3 cm³/mol.